The molecule has 1 unspecified atom stereocenters. The first kappa shape index (κ1) is 17.3. The number of rotatable bonds is 6. The molecule has 1 N–H and O–H groups in total. The smallest absolute Gasteiger partial charge is 0.379 e. The van der Waals surface area contributed by atoms with Crippen molar-refractivity contribution >= 4 is 11.9 Å². The number of aromatic nitrogens is 3. The summed E-state index contributed by atoms with van der Waals surface area (Å²) < 4.78 is 19.4. The molecule has 0 aliphatic rings. The Bertz CT molecular complexity index is 755. The highest BCUT2D eigenvalue weighted by atomic mass is 19.1. The van der Waals surface area contributed by atoms with Crippen LogP contribution in [0.25, 0.3) is 5.69 Å². The molecule has 1 aromatic carbocycles. The van der Waals surface area contributed by atoms with Crippen LogP contribution in [0.3, 0.4) is 0 Å². The van der Waals surface area contributed by atoms with Crippen LogP contribution < -0.4 is 5.32 Å². The molecule has 24 heavy (non-hydrogen) atoms. The monoisotopic (exact) mass is 332 g/mol. The van der Waals surface area contributed by atoms with E-state index < -0.39 is 18.0 Å². The first-order valence-electron chi connectivity index (χ1n) is 7.21. The standard InChI is InChI=1S/C16H17FN4O3/c1-4-9-18-15(22)10(2)24-16(23)14-19-11(3)21(20-14)13-7-5-12(17)6-8-13/h4-8,10H,1,9H2,2-3H3,(H,18,22). The van der Waals surface area contributed by atoms with Crippen LogP contribution >= 0.6 is 0 Å². The number of nitrogens with zero attached hydrogens (tertiary/aromatic N) is 3. The van der Waals surface area contributed by atoms with Gasteiger partial charge in [-0.2, -0.15) is 0 Å². The summed E-state index contributed by atoms with van der Waals surface area (Å²) >= 11 is 0. The Morgan fingerprint density at radius 3 is 2.71 bits per heavy atom. The molecule has 126 valence electrons. The van der Waals surface area contributed by atoms with Gasteiger partial charge in [0, 0.05) is 6.54 Å². The molecule has 0 saturated carbocycles. The van der Waals surface area contributed by atoms with Gasteiger partial charge in [-0.15, -0.1) is 11.7 Å². The predicted octanol–water partition coefficient (Wildman–Crippen LogP) is 1.56. The molecule has 0 radical (unpaired) electrons. The minimum absolute atomic E-state index is 0.180. The van der Waals surface area contributed by atoms with Crippen molar-refractivity contribution in [3.8, 4) is 5.69 Å². The molecule has 0 fully saturated rings. The number of carbonyl (C=O) groups excluding carboxylic acids is 2. The van der Waals surface area contributed by atoms with E-state index in [0.717, 1.165) is 0 Å². The van der Waals surface area contributed by atoms with Crippen molar-refractivity contribution in [1.82, 2.24) is 20.1 Å². The van der Waals surface area contributed by atoms with Gasteiger partial charge < -0.3 is 10.1 Å². The van der Waals surface area contributed by atoms with Gasteiger partial charge in [0.2, 0.25) is 0 Å². The molecule has 1 amide bonds. The SMILES string of the molecule is C=CCNC(=O)C(C)OC(=O)c1nc(C)n(-c2ccc(F)cc2)n1. The second kappa shape index (κ2) is 7.49. The van der Waals surface area contributed by atoms with Crippen molar-refractivity contribution in [1.29, 1.82) is 0 Å². The third kappa shape index (κ3) is 4.03. The van der Waals surface area contributed by atoms with Gasteiger partial charge in [0.05, 0.1) is 5.69 Å². The first-order valence-corrected chi connectivity index (χ1v) is 7.21. The fourth-order valence-corrected chi connectivity index (χ4v) is 1.89. The third-order valence-corrected chi connectivity index (χ3v) is 3.10. The maximum absolute atomic E-state index is 13.0. The number of ether oxygens (including phenoxy) is 1. The summed E-state index contributed by atoms with van der Waals surface area (Å²) in [5, 5.41) is 6.57. The normalized spacial score (nSPS) is 11.6. The molecule has 8 heteroatoms. The lowest BCUT2D eigenvalue weighted by Crippen LogP contribution is -2.36. The number of amides is 1. The number of hydrogen-bond acceptors (Lipinski definition) is 5. The number of carbonyl (C=O) groups is 2. The summed E-state index contributed by atoms with van der Waals surface area (Å²) in [7, 11) is 0. The minimum Gasteiger partial charge on any atom is -0.447 e. The van der Waals surface area contributed by atoms with Gasteiger partial charge in [-0.1, -0.05) is 6.08 Å². The minimum atomic E-state index is -0.990. The van der Waals surface area contributed by atoms with Crippen LogP contribution in [0.5, 0.6) is 0 Å². The van der Waals surface area contributed by atoms with E-state index in [-0.39, 0.29) is 18.2 Å². The lowest BCUT2D eigenvalue weighted by atomic mass is 10.3. The van der Waals surface area contributed by atoms with E-state index in [2.05, 4.69) is 22.0 Å². The highest BCUT2D eigenvalue weighted by molar-refractivity contribution is 5.89. The van der Waals surface area contributed by atoms with Crippen molar-refractivity contribution in [2.75, 3.05) is 6.54 Å². The van der Waals surface area contributed by atoms with Gasteiger partial charge in [-0.3, -0.25) is 4.79 Å². The Labute approximate surface area is 138 Å². The summed E-state index contributed by atoms with van der Waals surface area (Å²) in [6.45, 7) is 6.84. The van der Waals surface area contributed by atoms with Gasteiger partial charge in [0.25, 0.3) is 11.7 Å². The maximum Gasteiger partial charge on any atom is 0.379 e. The second-order valence-corrected chi connectivity index (χ2v) is 4.95. The predicted molar refractivity (Wildman–Crippen MR) is 84.1 cm³/mol. The Kier molecular flexibility index (Phi) is 5.41. The van der Waals surface area contributed by atoms with Crippen molar-refractivity contribution in [2.24, 2.45) is 0 Å². The number of benzene rings is 1. The van der Waals surface area contributed by atoms with Crippen molar-refractivity contribution in [3.05, 3.63) is 54.4 Å². The van der Waals surface area contributed by atoms with Crippen molar-refractivity contribution < 1.29 is 18.7 Å². The molecule has 1 heterocycles. The van der Waals surface area contributed by atoms with Crippen LogP contribution in [-0.4, -0.2) is 39.3 Å². The molecule has 0 saturated heterocycles. The van der Waals surface area contributed by atoms with Gasteiger partial charge in [-0.25, -0.2) is 18.9 Å². The zero-order chi connectivity index (χ0) is 17.7. The summed E-state index contributed by atoms with van der Waals surface area (Å²) in [5.41, 5.74) is 0.553. The number of esters is 1. The second-order valence-electron chi connectivity index (χ2n) is 4.95. The zero-order valence-electron chi connectivity index (χ0n) is 13.3. The van der Waals surface area contributed by atoms with Gasteiger partial charge >= 0.3 is 5.97 Å². The van der Waals surface area contributed by atoms with E-state index in [1.165, 1.54) is 41.9 Å². The van der Waals surface area contributed by atoms with Crippen LogP contribution in [0, 0.1) is 12.7 Å². The molecule has 2 rings (SSSR count). The van der Waals surface area contributed by atoms with Gasteiger partial charge in [-0.05, 0) is 38.1 Å². The zero-order valence-corrected chi connectivity index (χ0v) is 13.3. The van der Waals surface area contributed by atoms with Gasteiger partial charge in [0.15, 0.2) is 6.10 Å². The van der Waals surface area contributed by atoms with E-state index in [9.17, 15) is 14.0 Å². The molecule has 0 aliphatic heterocycles. The molecule has 7 nitrogen and oxygen atoms in total. The summed E-state index contributed by atoms with van der Waals surface area (Å²) in [4.78, 5) is 27.8. The Balaban J connectivity index is 2.11. The Morgan fingerprint density at radius 2 is 2.08 bits per heavy atom. The Morgan fingerprint density at radius 1 is 1.42 bits per heavy atom. The van der Waals surface area contributed by atoms with Crippen LogP contribution in [-0.2, 0) is 9.53 Å². The van der Waals surface area contributed by atoms with E-state index >= 15 is 0 Å². The van der Waals surface area contributed by atoms with Crippen LogP contribution in [0.4, 0.5) is 4.39 Å². The number of halogens is 1. The highest BCUT2D eigenvalue weighted by Crippen LogP contribution is 2.11. The third-order valence-electron chi connectivity index (χ3n) is 3.10. The molecule has 1 aromatic heterocycles. The van der Waals surface area contributed by atoms with Crippen molar-refractivity contribution in [2.45, 2.75) is 20.0 Å². The average molecular weight is 332 g/mol. The molecular weight excluding hydrogens is 315 g/mol. The maximum atomic E-state index is 13.0. The van der Waals surface area contributed by atoms with Crippen LogP contribution in [0.1, 0.15) is 23.4 Å². The van der Waals surface area contributed by atoms with E-state index in [1.807, 2.05) is 0 Å². The fraction of sp³-hybridized carbons (Fsp3) is 0.250. The number of nitrogens with one attached hydrogen (secondary N) is 1. The summed E-state index contributed by atoms with van der Waals surface area (Å²) in [6, 6.07) is 5.58. The topological polar surface area (TPSA) is 86.1 Å². The molecule has 0 aliphatic carbocycles. The quantitative estimate of drug-likeness (QED) is 0.641. The molecule has 0 spiro atoms. The largest absolute Gasteiger partial charge is 0.447 e. The first-order chi connectivity index (χ1) is 11.4. The van der Waals surface area contributed by atoms with E-state index in [0.29, 0.717) is 11.5 Å². The molecule has 1 atom stereocenters. The summed E-state index contributed by atoms with van der Waals surface area (Å²) in [5.74, 6) is -1.40. The van der Waals surface area contributed by atoms with Crippen LogP contribution in [0.15, 0.2) is 36.9 Å². The van der Waals surface area contributed by atoms with Crippen LogP contribution in [0.2, 0.25) is 0 Å². The highest BCUT2D eigenvalue weighted by Gasteiger charge is 2.22. The van der Waals surface area contributed by atoms with E-state index in [4.69, 9.17) is 4.74 Å². The molecule has 0 bridgehead atoms. The van der Waals surface area contributed by atoms with Crippen molar-refractivity contribution in [3.63, 3.8) is 0 Å². The Hall–Kier alpha value is -3.03. The molecule has 2 aromatic rings. The van der Waals surface area contributed by atoms with Gasteiger partial charge in [0.1, 0.15) is 11.6 Å². The number of hydrogen-bond donors (Lipinski definition) is 1. The fourth-order valence-electron chi connectivity index (χ4n) is 1.89. The molecular formula is C16H17FN4O3. The number of aryl methyl sites for hydroxylation is 1. The van der Waals surface area contributed by atoms with E-state index in [1.54, 1.807) is 6.92 Å². The average Bonchev–Trinajstić information content (AvgIpc) is 2.95. The lowest BCUT2D eigenvalue weighted by molar-refractivity contribution is -0.128. The lowest BCUT2D eigenvalue weighted by Gasteiger charge is -2.11. The summed E-state index contributed by atoms with van der Waals surface area (Å²) in [6.07, 6.45) is 0.525.